The minimum absolute atomic E-state index is 0. The molecule has 7 heteroatoms. The number of fused-ring (bicyclic) bond motifs is 1. The fourth-order valence-electron chi connectivity index (χ4n) is 3.74. The van der Waals surface area contributed by atoms with Gasteiger partial charge >= 0.3 is 0 Å². The van der Waals surface area contributed by atoms with Crippen molar-refractivity contribution in [3.63, 3.8) is 0 Å². The number of hydrogen-bond donors (Lipinski definition) is 3. The summed E-state index contributed by atoms with van der Waals surface area (Å²) in [6.45, 7) is 4.64. The van der Waals surface area contributed by atoms with Gasteiger partial charge in [-0.3, -0.25) is 4.79 Å². The van der Waals surface area contributed by atoms with Gasteiger partial charge in [0.25, 0.3) is 0 Å². The summed E-state index contributed by atoms with van der Waals surface area (Å²) in [6.07, 6.45) is 3.32. The third-order valence-corrected chi connectivity index (χ3v) is 5.08. The van der Waals surface area contributed by atoms with Gasteiger partial charge in [0.1, 0.15) is 5.54 Å². The van der Waals surface area contributed by atoms with Crippen molar-refractivity contribution in [3.8, 4) is 5.75 Å². The molecule has 1 saturated carbocycles. The Kier molecular flexibility index (Phi) is 4.39. The van der Waals surface area contributed by atoms with E-state index >= 15 is 0 Å². The van der Waals surface area contributed by atoms with Crippen LogP contribution < -0.4 is 11.1 Å². The standard InChI is InChI=1S/C15H21N3O3.ClH/c1-14(2)11-9(5-4-8-21-11)15(14,16)13(20)18-12-10(19)6-3-7-17-12;/h3,6-7,9,11,19H,4-5,8,16H2,1-2H3,(H,17,18,20);1H. The van der Waals surface area contributed by atoms with Crippen LogP contribution in [-0.2, 0) is 9.53 Å². The molecule has 2 aliphatic rings. The highest BCUT2D eigenvalue weighted by Gasteiger charge is 2.70. The molecule has 2 fully saturated rings. The fraction of sp³-hybridized carbons (Fsp3) is 0.600. The monoisotopic (exact) mass is 327 g/mol. The highest BCUT2D eigenvalue weighted by Crippen LogP contribution is 2.57. The highest BCUT2D eigenvalue weighted by atomic mass is 35.5. The topological polar surface area (TPSA) is 97.5 Å². The average Bonchev–Trinajstić information content (AvgIpc) is 2.48. The van der Waals surface area contributed by atoms with Crippen LogP contribution in [-0.4, -0.2) is 34.2 Å². The van der Waals surface area contributed by atoms with E-state index in [2.05, 4.69) is 10.3 Å². The van der Waals surface area contributed by atoms with Gasteiger partial charge in [-0.15, -0.1) is 12.4 Å². The van der Waals surface area contributed by atoms with E-state index in [0.29, 0.717) is 0 Å². The zero-order valence-electron chi connectivity index (χ0n) is 12.7. The highest BCUT2D eigenvalue weighted by molar-refractivity contribution is 6.00. The Morgan fingerprint density at radius 2 is 2.27 bits per heavy atom. The average molecular weight is 328 g/mol. The number of halogens is 1. The summed E-state index contributed by atoms with van der Waals surface area (Å²) in [5.41, 5.74) is 5.01. The van der Waals surface area contributed by atoms with Crippen molar-refractivity contribution in [1.29, 1.82) is 0 Å². The zero-order valence-corrected chi connectivity index (χ0v) is 13.5. The van der Waals surface area contributed by atoms with Gasteiger partial charge in [0, 0.05) is 24.1 Å². The van der Waals surface area contributed by atoms with Crippen LogP contribution in [0.1, 0.15) is 26.7 Å². The molecule has 1 aliphatic carbocycles. The predicted octanol–water partition coefficient (Wildman–Crippen LogP) is 1.68. The first-order valence-corrected chi connectivity index (χ1v) is 7.25. The van der Waals surface area contributed by atoms with E-state index < -0.39 is 11.0 Å². The summed E-state index contributed by atoms with van der Waals surface area (Å²) in [6, 6.07) is 3.08. The first-order chi connectivity index (χ1) is 9.89. The SMILES string of the molecule is CC1(C)C2OCCCC2C1(N)C(=O)Nc1ncccc1O.Cl. The number of nitrogens with zero attached hydrogens (tertiary/aromatic N) is 1. The first-order valence-electron chi connectivity index (χ1n) is 7.25. The number of amides is 1. The molecule has 0 spiro atoms. The number of aromatic hydroxyl groups is 1. The molecule has 122 valence electrons. The Bertz CT molecular complexity index is 581. The van der Waals surface area contributed by atoms with E-state index in [0.717, 1.165) is 19.4 Å². The van der Waals surface area contributed by atoms with Gasteiger partial charge in [-0.1, -0.05) is 13.8 Å². The lowest BCUT2D eigenvalue weighted by Gasteiger charge is -2.65. The van der Waals surface area contributed by atoms with Gasteiger partial charge in [-0.05, 0) is 25.0 Å². The first kappa shape index (κ1) is 17.0. The van der Waals surface area contributed by atoms with Crippen LogP contribution >= 0.6 is 12.4 Å². The lowest BCUT2D eigenvalue weighted by atomic mass is 9.46. The van der Waals surface area contributed by atoms with E-state index in [-0.39, 0.29) is 41.9 Å². The van der Waals surface area contributed by atoms with Crippen LogP contribution in [0.15, 0.2) is 18.3 Å². The largest absolute Gasteiger partial charge is 0.504 e. The van der Waals surface area contributed by atoms with Crippen molar-refractivity contribution >= 4 is 24.1 Å². The number of aromatic nitrogens is 1. The number of carbonyl (C=O) groups is 1. The molecule has 1 saturated heterocycles. The van der Waals surface area contributed by atoms with Crippen LogP contribution in [0.2, 0.25) is 0 Å². The maximum absolute atomic E-state index is 12.7. The molecule has 4 N–H and O–H groups in total. The number of anilines is 1. The number of nitrogens with one attached hydrogen (secondary N) is 1. The number of carbonyl (C=O) groups excluding carboxylic acids is 1. The molecule has 6 nitrogen and oxygen atoms in total. The second-order valence-corrected chi connectivity index (χ2v) is 6.46. The van der Waals surface area contributed by atoms with E-state index in [9.17, 15) is 9.90 Å². The summed E-state index contributed by atoms with van der Waals surface area (Å²) >= 11 is 0. The molecular formula is C15H22ClN3O3. The van der Waals surface area contributed by atoms with Crippen LogP contribution in [0.25, 0.3) is 0 Å². The van der Waals surface area contributed by atoms with Gasteiger partial charge in [0.05, 0.1) is 6.10 Å². The third kappa shape index (κ3) is 2.17. The predicted molar refractivity (Wildman–Crippen MR) is 84.9 cm³/mol. The van der Waals surface area contributed by atoms with E-state index in [4.69, 9.17) is 10.5 Å². The molecule has 0 bridgehead atoms. The van der Waals surface area contributed by atoms with Gasteiger partial charge < -0.3 is 20.9 Å². The number of hydrogen-bond acceptors (Lipinski definition) is 5. The zero-order chi connectivity index (χ0) is 15.3. The second kappa shape index (κ2) is 5.68. The Balaban J connectivity index is 0.00000176. The summed E-state index contributed by atoms with van der Waals surface area (Å²) in [7, 11) is 0. The van der Waals surface area contributed by atoms with Gasteiger partial charge in [0.2, 0.25) is 5.91 Å². The molecular weight excluding hydrogens is 306 g/mol. The second-order valence-electron chi connectivity index (χ2n) is 6.46. The fourth-order valence-corrected chi connectivity index (χ4v) is 3.74. The minimum atomic E-state index is -1.01. The molecule has 0 aromatic carbocycles. The van der Waals surface area contributed by atoms with Crippen molar-refractivity contribution in [2.45, 2.75) is 38.3 Å². The summed E-state index contributed by atoms with van der Waals surface area (Å²) < 4.78 is 5.79. The molecule has 1 aromatic rings. The van der Waals surface area contributed by atoms with Crippen molar-refractivity contribution in [3.05, 3.63) is 18.3 Å². The van der Waals surface area contributed by atoms with Crippen molar-refractivity contribution in [1.82, 2.24) is 4.98 Å². The van der Waals surface area contributed by atoms with Crippen molar-refractivity contribution in [2.24, 2.45) is 17.1 Å². The number of nitrogens with two attached hydrogens (primary N) is 1. The van der Waals surface area contributed by atoms with Gasteiger partial charge in [0.15, 0.2) is 11.6 Å². The number of pyridine rings is 1. The van der Waals surface area contributed by atoms with Crippen LogP contribution in [0.3, 0.4) is 0 Å². The van der Waals surface area contributed by atoms with Crippen LogP contribution in [0.5, 0.6) is 5.75 Å². The molecule has 2 heterocycles. The maximum atomic E-state index is 12.7. The normalized spacial score (nSPS) is 32.1. The lowest BCUT2D eigenvalue weighted by Crippen LogP contribution is -2.81. The molecule has 0 radical (unpaired) electrons. The van der Waals surface area contributed by atoms with Crippen LogP contribution in [0, 0.1) is 11.3 Å². The molecule has 3 unspecified atom stereocenters. The summed E-state index contributed by atoms with van der Waals surface area (Å²) in [5.74, 6) is -0.230. The molecule has 1 aliphatic heterocycles. The molecule has 1 aromatic heterocycles. The maximum Gasteiger partial charge on any atom is 0.246 e. The lowest BCUT2D eigenvalue weighted by molar-refractivity contribution is -0.222. The Labute approximate surface area is 135 Å². The molecule has 3 atom stereocenters. The Morgan fingerprint density at radius 1 is 1.55 bits per heavy atom. The molecule has 1 amide bonds. The summed E-state index contributed by atoms with van der Waals surface area (Å²) in [4.78, 5) is 16.7. The molecule has 22 heavy (non-hydrogen) atoms. The molecule has 3 rings (SSSR count). The van der Waals surface area contributed by atoms with E-state index in [1.54, 1.807) is 6.07 Å². The van der Waals surface area contributed by atoms with Gasteiger partial charge in [-0.25, -0.2) is 4.98 Å². The van der Waals surface area contributed by atoms with Crippen molar-refractivity contribution < 1.29 is 14.6 Å². The Morgan fingerprint density at radius 3 is 2.95 bits per heavy atom. The van der Waals surface area contributed by atoms with E-state index in [1.807, 2.05) is 13.8 Å². The quantitative estimate of drug-likeness (QED) is 0.767. The number of ether oxygens (including phenoxy) is 1. The number of rotatable bonds is 2. The Hall–Kier alpha value is -1.37. The van der Waals surface area contributed by atoms with Gasteiger partial charge in [-0.2, -0.15) is 0 Å². The smallest absolute Gasteiger partial charge is 0.246 e. The van der Waals surface area contributed by atoms with E-state index in [1.165, 1.54) is 12.3 Å². The minimum Gasteiger partial charge on any atom is -0.504 e. The van der Waals surface area contributed by atoms with Crippen molar-refractivity contribution in [2.75, 3.05) is 11.9 Å². The third-order valence-electron chi connectivity index (χ3n) is 5.08. The summed E-state index contributed by atoms with van der Waals surface area (Å²) in [5, 5.41) is 12.4. The van der Waals surface area contributed by atoms with Crippen LogP contribution in [0.4, 0.5) is 5.82 Å².